The van der Waals surface area contributed by atoms with Crippen molar-refractivity contribution in [2.75, 3.05) is 0 Å². The maximum Gasteiger partial charge on any atom is 0.281 e. The van der Waals surface area contributed by atoms with Gasteiger partial charge in [0.2, 0.25) is 0 Å². The van der Waals surface area contributed by atoms with Crippen LogP contribution >= 0.6 is 11.3 Å². The first-order valence-electron chi connectivity index (χ1n) is 9.38. The van der Waals surface area contributed by atoms with Gasteiger partial charge in [0.15, 0.2) is 0 Å². The fourth-order valence-corrected chi connectivity index (χ4v) is 4.23. The number of phenols is 1. The van der Waals surface area contributed by atoms with E-state index in [0.717, 1.165) is 27.2 Å². The molecular weight excluding hydrogens is 396 g/mol. The van der Waals surface area contributed by atoms with Crippen LogP contribution in [-0.2, 0) is 6.42 Å². The van der Waals surface area contributed by atoms with Crippen LogP contribution < -0.4 is 5.43 Å². The number of thiophene rings is 1. The minimum atomic E-state index is -0.312. The number of amides is 1. The minimum absolute atomic E-state index is 0.135. The third kappa shape index (κ3) is 3.75. The fourth-order valence-electron chi connectivity index (χ4n) is 3.15. The number of aromatic nitrogens is 2. The number of para-hydroxylation sites is 2. The van der Waals surface area contributed by atoms with E-state index in [1.54, 1.807) is 12.1 Å². The van der Waals surface area contributed by atoms with Gasteiger partial charge in [0.1, 0.15) is 10.6 Å². The molecule has 6 nitrogen and oxygen atoms in total. The number of nitrogens with zero attached hydrogens (tertiary/aromatic N) is 3. The Labute approximate surface area is 177 Å². The molecule has 1 amide bonds. The van der Waals surface area contributed by atoms with E-state index in [9.17, 15) is 9.90 Å². The predicted octanol–water partition coefficient (Wildman–Crippen LogP) is 4.59. The lowest BCUT2D eigenvalue weighted by Gasteiger charge is -2.04. The second-order valence-electron chi connectivity index (χ2n) is 6.71. The average molecular weight is 417 g/mol. The van der Waals surface area contributed by atoms with Crippen molar-refractivity contribution in [2.24, 2.45) is 5.10 Å². The van der Waals surface area contributed by atoms with Crippen LogP contribution in [-0.4, -0.2) is 27.0 Å². The molecule has 30 heavy (non-hydrogen) atoms. The van der Waals surface area contributed by atoms with Crippen LogP contribution in [0.5, 0.6) is 5.75 Å². The Bertz CT molecular complexity index is 1260. The lowest BCUT2D eigenvalue weighted by Crippen LogP contribution is -2.16. The standard InChI is InChI=1S/C23H20N4O2S/c1-3-8-16-9-7-10-17(21(16)28)14-24-25-22(29)20-13-19-15(2)26-27(23(19)30-20)18-11-5-4-6-12-18/h3-7,9-14,28H,1,8H2,2H3,(H,25,29)/b24-14+. The number of carbonyl (C=O) groups is 1. The molecule has 0 saturated heterocycles. The number of fused-ring (bicyclic) bond motifs is 1. The van der Waals surface area contributed by atoms with E-state index in [1.807, 2.05) is 60.1 Å². The molecule has 2 aromatic heterocycles. The molecule has 0 aliphatic rings. The van der Waals surface area contributed by atoms with E-state index in [2.05, 4.69) is 22.2 Å². The second kappa shape index (κ2) is 8.34. The third-order valence-corrected chi connectivity index (χ3v) is 5.76. The summed E-state index contributed by atoms with van der Waals surface area (Å²) in [7, 11) is 0. The molecule has 0 aliphatic heterocycles. The quantitative estimate of drug-likeness (QED) is 0.274. The highest BCUT2D eigenvalue weighted by Crippen LogP contribution is 2.30. The summed E-state index contributed by atoms with van der Waals surface area (Å²) in [6.45, 7) is 5.61. The van der Waals surface area contributed by atoms with Gasteiger partial charge in [-0.15, -0.1) is 17.9 Å². The summed E-state index contributed by atoms with van der Waals surface area (Å²) >= 11 is 1.36. The summed E-state index contributed by atoms with van der Waals surface area (Å²) in [5, 5.41) is 19.8. The SMILES string of the molecule is C=CCc1cccc(/C=N/NC(=O)c2cc3c(C)nn(-c4ccccc4)c3s2)c1O. The number of allylic oxidation sites excluding steroid dienone is 1. The van der Waals surface area contributed by atoms with Crippen molar-refractivity contribution in [1.29, 1.82) is 0 Å². The van der Waals surface area contributed by atoms with Gasteiger partial charge in [0.05, 0.1) is 22.5 Å². The number of hydrazone groups is 1. The van der Waals surface area contributed by atoms with Crippen LogP contribution in [0.25, 0.3) is 15.9 Å². The first-order chi connectivity index (χ1) is 14.6. The normalized spacial score (nSPS) is 11.2. The molecule has 0 bridgehead atoms. The van der Waals surface area contributed by atoms with Gasteiger partial charge in [-0.3, -0.25) is 4.79 Å². The van der Waals surface area contributed by atoms with E-state index >= 15 is 0 Å². The van der Waals surface area contributed by atoms with Crippen molar-refractivity contribution in [2.45, 2.75) is 13.3 Å². The number of hydrogen-bond donors (Lipinski definition) is 2. The van der Waals surface area contributed by atoms with Gasteiger partial charge in [0, 0.05) is 10.9 Å². The van der Waals surface area contributed by atoms with Crippen LogP contribution in [0.3, 0.4) is 0 Å². The highest BCUT2D eigenvalue weighted by atomic mass is 32.1. The summed E-state index contributed by atoms with van der Waals surface area (Å²) in [4.78, 5) is 14.0. The number of hydrogen-bond acceptors (Lipinski definition) is 5. The number of nitrogens with one attached hydrogen (secondary N) is 1. The first kappa shape index (κ1) is 19.6. The summed E-state index contributed by atoms with van der Waals surface area (Å²) in [5.41, 5.74) is 5.62. The lowest BCUT2D eigenvalue weighted by atomic mass is 10.1. The van der Waals surface area contributed by atoms with Crippen LogP contribution in [0.2, 0.25) is 0 Å². The van der Waals surface area contributed by atoms with E-state index in [1.165, 1.54) is 17.6 Å². The zero-order valence-electron chi connectivity index (χ0n) is 16.4. The molecule has 7 heteroatoms. The van der Waals surface area contributed by atoms with Crippen LogP contribution in [0, 0.1) is 6.92 Å². The van der Waals surface area contributed by atoms with E-state index in [0.29, 0.717) is 16.9 Å². The van der Waals surface area contributed by atoms with Gasteiger partial charge < -0.3 is 5.11 Å². The average Bonchev–Trinajstić information content (AvgIpc) is 3.32. The molecule has 2 heterocycles. The van der Waals surface area contributed by atoms with Gasteiger partial charge in [-0.1, -0.05) is 36.4 Å². The first-order valence-corrected chi connectivity index (χ1v) is 10.2. The van der Waals surface area contributed by atoms with Crippen LogP contribution in [0.1, 0.15) is 26.5 Å². The van der Waals surface area contributed by atoms with Crippen molar-refractivity contribution in [3.8, 4) is 11.4 Å². The molecule has 0 unspecified atom stereocenters. The number of rotatable bonds is 6. The molecule has 0 aliphatic carbocycles. The van der Waals surface area contributed by atoms with E-state index in [4.69, 9.17) is 0 Å². The highest BCUT2D eigenvalue weighted by Gasteiger charge is 2.17. The summed E-state index contributed by atoms with van der Waals surface area (Å²) in [6, 6.07) is 17.0. The smallest absolute Gasteiger partial charge is 0.281 e. The number of phenolic OH excluding ortho intramolecular Hbond substituents is 1. The van der Waals surface area contributed by atoms with Gasteiger partial charge in [0.25, 0.3) is 5.91 Å². The molecule has 4 aromatic rings. The van der Waals surface area contributed by atoms with Crippen molar-refractivity contribution >= 4 is 33.7 Å². The molecule has 0 spiro atoms. The van der Waals surface area contributed by atoms with Gasteiger partial charge in [-0.25, -0.2) is 10.1 Å². The Hall–Kier alpha value is -3.71. The monoisotopic (exact) mass is 416 g/mol. The zero-order valence-corrected chi connectivity index (χ0v) is 17.2. The number of benzene rings is 2. The maximum absolute atomic E-state index is 12.6. The van der Waals surface area contributed by atoms with Gasteiger partial charge in [-0.05, 0) is 43.2 Å². The van der Waals surface area contributed by atoms with Gasteiger partial charge >= 0.3 is 0 Å². The summed E-state index contributed by atoms with van der Waals surface area (Å²) in [5.74, 6) is -0.177. The maximum atomic E-state index is 12.6. The zero-order chi connectivity index (χ0) is 21.1. The molecular formula is C23H20N4O2S. The van der Waals surface area contributed by atoms with Crippen molar-refractivity contribution in [3.63, 3.8) is 0 Å². The fraction of sp³-hybridized carbons (Fsp3) is 0.0870. The Kier molecular flexibility index (Phi) is 5.45. The Morgan fingerprint density at radius 1 is 1.27 bits per heavy atom. The minimum Gasteiger partial charge on any atom is -0.507 e. The Balaban J connectivity index is 1.55. The van der Waals surface area contributed by atoms with Crippen molar-refractivity contribution in [3.05, 3.63) is 89.0 Å². The molecule has 2 N–H and O–H groups in total. The van der Waals surface area contributed by atoms with E-state index in [-0.39, 0.29) is 11.7 Å². The molecule has 0 radical (unpaired) electrons. The third-order valence-electron chi connectivity index (χ3n) is 4.65. The summed E-state index contributed by atoms with van der Waals surface area (Å²) in [6.07, 6.45) is 3.71. The predicted molar refractivity (Wildman–Crippen MR) is 121 cm³/mol. The molecule has 4 rings (SSSR count). The number of carbonyl (C=O) groups excluding carboxylic acids is 1. The number of aromatic hydroxyl groups is 1. The molecule has 2 aromatic carbocycles. The van der Waals surface area contributed by atoms with Crippen LogP contribution in [0.15, 0.2) is 72.4 Å². The van der Waals surface area contributed by atoms with Crippen molar-refractivity contribution in [1.82, 2.24) is 15.2 Å². The Morgan fingerprint density at radius 3 is 2.83 bits per heavy atom. The second-order valence-corrected chi connectivity index (χ2v) is 7.74. The Morgan fingerprint density at radius 2 is 2.07 bits per heavy atom. The van der Waals surface area contributed by atoms with E-state index < -0.39 is 0 Å². The molecule has 0 saturated carbocycles. The molecule has 0 fully saturated rings. The molecule has 0 atom stereocenters. The highest BCUT2D eigenvalue weighted by molar-refractivity contribution is 7.20. The number of aryl methyl sites for hydroxylation is 1. The summed E-state index contributed by atoms with van der Waals surface area (Å²) < 4.78 is 1.85. The lowest BCUT2D eigenvalue weighted by molar-refractivity contribution is 0.0959. The van der Waals surface area contributed by atoms with Crippen molar-refractivity contribution < 1.29 is 9.90 Å². The topological polar surface area (TPSA) is 79.5 Å². The largest absolute Gasteiger partial charge is 0.507 e. The van der Waals surface area contributed by atoms with Crippen LogP contribution in [0.4, 0.5) is 0 Å². The van der Waals surface area contributed by atoms with Gasteiger partial charge in [-0.2, -0.15) is 10.2 Å². The molecule has 150 valence electrons.